The molecule has 0 aromatic heterocycles. The van der Waals surface area contributed by atoms with Crippen molar-refractivity contribution < 1.29 is 27.4 Å². The molecule has 1 heterocycles. The van der Waals surface area contributed by atoms with Crippen molar-refractivity contribution in [1.29, 1.82) is 0 Å². The summed E-state index contributed by atoms with van der Waals surface area (Å²) in [6.07, 6.45) is 2.93. The van der Waals surface area contributed by atoms with Gasteiger partial charge in [0.15, 0.2) is 0 Å². The van der Waals surface area contributed by atoms with E-state index in [9.17, 15) is 13.2 Å². The van der Waals surface area contributed by atoms with Gasteiger partial charge in [0.1, 0.15) is 16.4 Å². The smallest absolute Gasteiger partial charge is 0.246 e. The summed E-state index contributed by atoms with van der Waals surface area (Å²) in [5.74, 6) is 0.642. The summed E-state index contributed by atoms with van der Waals surface area (Å²) in [6, 6.07) is 12.2. The summed E-state index contributed by atoms with van der Waals surface area (Å²) in [7, 11) is -0.739. The van der Waals surface area contributed by atoms with Crippen molar-refractivity contribution in [1.82, 2.24) is 9.62 Å². The number of carbonyl (C=O) groups is 1. The zero-order chi connectivity index (χ0) is 22.3. The van der Waals surface area contributed by atoms with Crippen LogP contribution in [0.1, 0.15) is 11.1 Å². The predicted molar refractivity (Wildman–Crippen MR) is 116 cm³/mol. The molecular weight excluding hydrogens is 420 g/mol. The zero-order valence-electron chi connectivity index (χ0n) is 17.5. The highest BCUT2D eigenvalue weighted by Crippen LogP contribution is 2.28. The molecule has 1 aliphatic rings. The number of para-hydroxylation sites is 1. The van der Waals surface area contributed by atoms with Gasteiger partial charge in [-0.1, -0.05) is 24.3 Å². The number of nitrogens with zero attached hydrogens (tertiary/aromatic N) is 1. The summed E-state index contributed by atoms with van der Waals surface area (Å²) < 4.78 is 43.3. The number of sulfonamides is 1. The molecule has 0 atom stereocenters. The third kappa shape index (κ3) is 5.63. The van der Waals surface area contributed by atoms with Crippen molar-refractivity contribution in [2.75, 3.05) is 40.5 Å². The van der Waals surface area contributed by atoms with E-state index in [1.807, 2.05) is 24.3 Å². The Morgan fingerprint density at radius 2 is 1.81 bits per heavy atom. The molecule has 0 saturated carbocycles. The van der Waals surface area contributed by atoms with Crippen molar-refractivity contribution in [3.63, 3.8) is 0 Å². The van der Waals surface area contributed by atoms with Crippen molar-refractivity contribution in [3.8, 4) is 11.5 Å². The highest BCUT2D eigenvalue weighted by Gasteiger charge is 2.29. The van der Waals surface area contributed by atoms with E-state index < -0.39 is 10.0 Å². The van der Waals surface area contributed by atoms with Crippen LogP contribution in [0.2, 0.25) is 0 Å². The number of methoxy groups -OCH3 is 2. The van der Waals surface area contributed by atoms with Crippen LogP contribution >= 0.6 is 0 Å². The van der Waals surface area contributed by atoms with Gasteiger partial charge < -0.3 is 19.5 Å². The van der Waals surface area contributed by atoms with E-state index in [2.05, 4.69) is 5.32 Å². The first-order valence-electron chi connectivity index (χ1n) is 9.79. The van der Waals surface area contributed by atoms with Crippen LogP contribution in [0, 0.1) is 0 Å². The molecule has 0 bridgehead atoms. The molecule has 2 aromatic rings. The van der Waals surface area contributed by atoms with Crippen LogP contribution < -0.4 is 14.8 Å². The van der Waals surface area contributed by atoms with Crippen LogP contribution in [0.15, 0.2) is 53.4 Å². The average molecular weight is 447 g/mol. The summed E-state index contributed by atoms with van der Waals surface area (Å²) in [5.41, 5.74) is 1.43. The van der Waals surface area contributed by atoms with E-state index in [-0.39, 0.29) is 29.6 Å². The van der Waals surface area contributed by atoms with Gasteiger partial charge in [-0.3, -0.25) is 4.79 Å². The Balaban J connectivity index is 1.73. The molecule has 166 valence electrons. The summed E-state index contributed by atoms with van der Waals surface area (Å²) in [4.78, 5) is 12.3. The summed E-state index contributed by atoms with van der Waals surface area (Å²) in [6.45, 7) is 1.60. The molecule has 0 radical (unpaired) electrons. The van der Waals surface area contributed by atoms with Crippen molar-refractivity contribution in [2.45, 2.75) is 11.4 Å². The van der Waals surface area contributed by atoms with Gasteiger partial charge in [-0.05, 0) is 29.8 Å². The Labute approximate surface area is 182 Å². The first-order chi connectivity index (χ1) is 15.0. The van der Waals surface area contributed by atoms with Gasteiger partial charge in [-0.2, -0.15) is 4.31 Å². The minimum atomic E-state index is -3.74. The monoisotopic (exact) mass is 446 g/mol. The first kappa shape index (κ1) is 22.8. The number of hydrogen-bond donors (Lipinski definition) is 1. The van der Waals surface area contributed by atoms with E-state index in [4.69, 9.17) is 14.2 Å². The number of benzene rings is 2. The summed E-state index contributed by atoms with van der Waals surface area (Å²) >= 11 is 0. The van der Waals surface area contributed by atoms with Gasteiger partial charge in [0.25, 0.3) is 0 Å². The standard InChI is InChI=1S/C22H26N2O6S/c1-28-19-6-4-3-5-18(19)16-23-22(25)10-8-17-7-9-20(29-2)21(15-17)31(26,27)24-11-13-30-14-12-24/h3-10,15H,11-14,16H2,1-2H3,(H,23,25). The number of morpholine rings is 1. The fourth-order valence-electron chi connectivity index (χ4n) is 3.19. The average Bonchev–Trinajstić information content (AvgIpc) is 2.81. The van der Waals surface area contributed by atoms with Gasteiger partial charge in [0.2, 0.25) is 15.9 Å². The number of carbonyl (C=O) groups excluding carboxylic acids is 1. The molecule has 1 N–H and O–H groups in total. The maximum absolute atomic E-state index is 13.1. The highest BCUT2D eigenvalue weighted by atomic mass is 32.2. The molecule has 9 heteroatoms. The van der Waals surface area contributed by atoms with Crippen LogP contribution in [0.5, 0.6) is 11.5 Å². The minimum absolute atomic E-state index is 0.0634. The second-order valence-corrected chi connectivity index (χ2v) is 8.70. The molecule has 3 rings (SSSR count). The maximum Gasteiger partial charge on any atom is 0.246 e. The van der Waals surface area contributed by atoms with Crippen LogP contribution in [0.4, 0.5) is 0 Å². The Morgan fingerprint density at radius 3 is 2.52 bits per heavy atom. The Hall–Kier alpha value is -2.88. The van der Waals surface area contributed by atoms with Crippen LogP contribution in [0.25, 0.3) is 6.08 Å². The number of ether oxygens (including phenoxy) is 3. The van der Waals surface area contributed by atoms with Gasteiger partial charge in [0, 0.05) is 31.3 Å². The molecule has 31 heavy (non-hydrogen) atoms. The highest BCUT2D eigenvalue weighted by molar-refractivity contribution is 7.89. The molecule has 0 aliphatic carbocycles. The normalized spacial score (nSPS) is 15.0. The van der Waals surface area contributed by atoms with Gasteiger partial charge in [0.05, 0.1) is 27.4 Å². The fraction of sp³-hybridized carbons (Fsp3) is 0.318. The van der Waals surface area contributed by atoms with E-state index in [0.717, 1.165) is 5.56 Å². The lowest BCUT2D eigenvalue weighted by molar-refractivity contribution is -0.116. The number of amides is 1. The van der Waals surface area contributed by atoms with Crippen molar-refractivity contribution >= 4 is 22.0 Å². The number of hydrogen-bond acceptors (Lipinski definition) is 6. The molecule has 1 saturated heterocycles. The minimum Gasteiger partial charge on any atom is -0.496 e. The lowest BCUT2D eigenvalue weighted by Crippen LogP contribution is -2.40. The second-order valence-electron chi connectivity index (χ2n) is 6.79. The van der Waals surface area contributed by atoms with E-state index >= 15 is 0 Å². The predicted octanol–water partition coefficient (Wildman–Crippen LogP) is 2.05. The SMILES string of the molecule is COc1ccccc1CNC(=O)C=Cc1ccc(OC)c(S(=O)(=O)N2CCOCC2)c1. The Kier molecular flexibility index (Phi) is 7.67. The number of rotatable bonds is 8. The van der Waals surface area contributed by atoms with E-state index in [0.29, 0.717) is 31.1 Å². The lowest BCUT2D eigenvalue weighted by Gasteiger charge is -2.26. The zero-order valence-corrected chi connectivity index (χ0v) is 18.4. The molecule has 0 spiro atoms. The second kappa shape index (κ2) is 10.4. The van der Waals surface area contributed by atoms with Gasteiger partial charge in [-0.25, -0.2) is 8.42 Å². The maximum atomic E-state index is 13.1. The topological polar surface area (TPSA) is 94.2 Å². The number of nitrogens with one attached hydrogen (secondary N) is 1. The van der Waals surface area contributed by atoms with Crippen molar-refractivity contribution in [3.05, 3.63) is 59.7 Å². The van der Waals surface area contributed by atoms with Crippen LogP contribution in [-0.2, 0) is 26.1 Å². The van der Waals surface area contributed by atoms with Crippen LogP contribution in [-0.4, -0.2) is 59.2 Å². The fourth-order valence-corrected chi connectivity index (χ4v) is 4.79. The molecule has 1 amide bonds. The molecule has 1 aliphatic heterocycles. The lowest BCUT2D eigenvalue weighted by atomic mass is 10.2. The quantitative estimate of drug-likeness (QED) is 0.624. The van der Waals surface area contributed by atoms with E-state index in [1.165, 1.54) is 23.6 Å². The Bertz CT molecular complexity index is 1050. The molecule has 8 nitrogen and oxygen atoms in total. The van der Waals surface area contributed by atoms with Crippen molar-refractivity contribution in [2.24, 2.45) is 0 Å². The van der Waals surface area contributed by atoms with Gasteiger partial charge in [-0.15, -0.1) is 0 Å². The molecule has 2 aromatic carbocycles. The molecule has 1 fully saturated rings. The third-order valence-corrected chi connectivity index (χ3v) is 6.77. The largest absolute Gasteiger partial charge is 0.496 e. The van der Waals surface area contributed by atoms with Crippen LogP contribution in [0.3, 0.4) is 0 Å². The van der Waals surface area contributed by atoms with Gasteiger partial charge >= 0.3 is 0 Å². The summed E-state index contributed by atoms with van der Waals surface area (Å²) in [5, 5.41) is 2.79. The molecule has 0 unspecified atom stereocenters. The Morgan fingerprint density at radius 1 is 1.10 bits per heavy atom. The first-order valence-corrected chi connectivity index (χ1v) is 11.2. The third-order valence-electron chi connectivity index (χ3n) is 4.85. The molecular formula is C22H26N2O6S. The van der Waals surface area contributed by atoms with E-state index in [1.54, 1.807) is 25.3 Å².